The van der Waals surface area contributed by atoms with E-state index in [1.807, 2.05) is 54.6 Å². The molecule has 6 heteroatoms. The van der Waals surface area contributed by atoms with Gasteiger partial charge in [0, 0.05) is 33.3 Å². The molecule has 1 heterocycles. The van der Waals surface area contributed by atoms with Crippen LogP contribution in [0.25, 0.3) is 0 Å². The molecule has 188 valence electrons. The van der Waals surface area contributed by atoms with E-state index >= 15 is 0 Å². The number of benzene rings is 4. The van der Waals surface area contributed by atoms with Gasteiger partial charge in [0.05, 0.1) is 17.4 Å². The molecular weight excluding hydrogens is 515 g/mol. The number of fused-ring (bicyclic) bond motifs is 1. The Kier molecular flexibility index (Phi) is 6.52. The van der Waals surface area contributed by atoms with Crippen molar-refractivity contribution in [3.8, 4) is 0 Å². The predicted octanol–water partition coefficient (Wildman–Crippen LogP) is 8.21. The number of amides is 1. The molecule has 1 aliphatic heterocycles. The highest BCUT2D eigenvalue weighted by Gasteiger charge is 2.41. The maximum atomic E-state index is 14.2. The number of para-hydroxylation sites is 2. The van der Waals surface area contributed by atoms with Gasteiger partial charge in [-0.3, -0.25) is 14.5 Å². The normalized spacial score (nSPS) is 18.8. The Hall–Kier alpha value is -3.86. The first-order valence-corrected chi connectivity index (χ1v) is 13.3. The quantitative estimate of drug-likeness (QED) is 0.286. The first-order chi connectivity index (χ1) is 18.5. The maximum Gasteiger partial charge on any atom is 0.259 e. The van der Waals surface area contributed by atoms with Crippen LogP contribution in [-0.4, -0.2) is 11.7 Å². The summed E-state index contributed by atoms with van der Waals surface area (Å²) in [5, 5.41) is 4.70. The summed E-state index contributed by atoms with van der Waals surface area (Å²) in [5.74, 6) is -0.150. The summed E-state index contributed by atoms with van der Waals surface area (Å²) in [7, 11) is 0. The number of hydrogen-bond donors (Lipinski definition) is 1. The average molecular weight is 539 g/mol. The maximum absolute atomic E-state index is 14.2. The Morgan fingerprint density at radius 1 is 0.737 bits per heavy atom. The van der Waals surface area contributed by atoms with Crippen molar-refractivity contribution in [1.82, 2.24) is 0 Å². The molecule has 4 nitrogen and oxygen atoms in total. The molecule has 1 N–H and O–H groups in total. The molecule has 0 fully saturated rings. The Bertz CT molecular complexity index is 1550. The minimum atomic E-state index is -0.634. The van der Waals surface area contributed by atoms with Crippen molar-refractivity contribution in [3.05, 3.63) is 141 Å². The molecule has 0 aromatic heterocycles. The fourth-order valence-electron chi connectivity index (χ4n) is 5.47. The fraction of sp³-hybridized carbons (Fsp3) is 0.125. The molecule has 6 rings (SSSR count). The lowest BCUT2D eigenvalue weighted by Gasteiger charge is -2.35. The highest BCUT2D eigenvalue weighted by molar-refractivity contribution is 6.31. The zero-order valence-electron chi connectivity index (χ0n) is 20.4. The molecule has 0 saturated carbocycles. The van der Waals surface area contributed by atoms with Gasteiger partial charge in [0.15, 0.2) is 5.78 Å². The van der Waals surface area contributed by atoms with Crippen molar-refractivity contribution in [1.29, 1.82) is 0 Å². The van der Waals surface area contributed by atoms with Crippen molar-refractivity contribution in [3.63, 3.8) is 0 Å². The largest absolute Gasteiger partial charge is 0.357 e. The zero-order valence-corrected chi connectivity index (χ0v) is 21.9. The number of ketones is 1. The summed E-state index contributed by atoms with van der Waals surface area (Å²) >= 11 is 12.4. The third kappa shape index (κ3) is 4.51. The van der Waals surface area contributed by atoms with Crippen LogP contribution >= 0.6 is 23.2 Å². The third-order valence-electron chi connectivity index (χ3n) is 7.26. The van der Waals surface area contributed by atoms with Gasteiger partial charge in [0.25, 0.3) is 5.91 Å². The lowest BCUT2D eigenvalue weighted by atomic mass is 9.78. The van der Waals surface area contributed by atoms with Crippen molar-refractivity contribution < 1.29 is 9.59 Å². The summed E-state index contributed by atoms with van der Waals surface area (Å²) in [4.78, 5) is 30.0. The van der Waals surface area contributed by atoms with Crippen molar-refractivity contribution in [2.75, 3.05) is 10.2 Å². The second kappa shape index (κ2) is 10.1. The minimum absolute atomic E-state index is 0.0225. The summed E-state index contributed by atoms with van der Waals surface area (Å²) in [6, 6.07) is 31.4. The van der Waals surface area contributed by atoms with Crippen LogP contribution in [0.1, 0.15) is 46.3 Å². The number of carbonyl (C=O) groups excluding carboxylic acids is 2. The first kappa shape index (κ1) is 24.5. The Morgan fingerprint density at radius 2 is 1.37 bits per heavy atom. The van der Waals surface area contributed by atoms with Crippen molar-refractivity contribution >= 4 is 46.3 Å². The van der Waals surface area contributed by atoms with E-state index in [0.29, 0.717) is 39.7 Å². The molecule has 2 atom stereocenters. The monoisotopic (exact) mass is 538 g/mol. The van der Waals surface area contributed by atoms with E-state index in [9.17, 15) is 9.59 Å². The van der Waals surface area contributed by atoms with Gasteiger partial charge < -0.3 is 5.32 Å². The molecule has 0 saturated heterocycles. The Morgan fingerprint density at radius 3 is 2.08 bits per heavy atom. The van der Waals surface area contributed by atoms with Crippen LogP contribution in [0.15, 0.2) is 114 Å². The van der Waals surface area contributed by atoms with Gasteiger partial charge in [-0.25, -0.2) is 0 Å². The Labute approximate surface area is 231 Å². The number of carbonyl (C=O) groups is 2. The number of hydrogen-bond acceptors (Lipinski definition) is 3. The van der Waals surface area contributed by atoms with Crippen LogP contribution < -0.4 is 10.2 Å². The highest BCUT2D eigenvalue weighted by atomic mass is 35.5. The van der Waals surface area contributed by atoms with E-state index < -0.39 is 6.04 Å². The van der Waals surface area contributed by atoms with Crippen LogP contribution in [0.2, 0.25) is 10.0 Å². The molecule has 0 spiro atoms. The Balaban J connectivity index is 1.56. The van der Waals surface area contributed by atoms with Gasteiger partial charge in [0.2, 0.25) is 0 Å². The van der Waals surface area contributed by atoms with E-state index in [4.69, 9.17) is 23.2 Å². The van der Waals surface area contributed by atoms with Crippen molar-refractivity contribution in [2.24, 2.45) is 0 Å². The first-order valence-electron chi connectivity index (χ1n) is 12.5. The van der Waals surface area contributed by atoms with Crippen LogP contribution in [0.3, 0.4) is 0 Å². The number of Topliss-reactive ketones (excluding diaryl/α,β-unsaturated/α-hetero) is 1. The summed E-state index contributed by atoms with van der Waals surface area (Å²) in [6.45, 7) is 0. The van der Waals surface area contributed by atoms with Gasteiger partial charge in [-0.2, -0.15) is 0 Å². The second-order valence-electron chi connectivity index (χ2n) is 9.61. The molecule has 4 aromatic carbocycles. The molecule has 0 radical (unpaired) electrons. The lowest BCUT2D eigenvalue weighted by Crippen LogP contribution is -2.38. The van der Waals surface area contributed by atoms with E-state index in [0.717, 1.165) is 22.5 Å². The smallest absolute Gasteiger partial charge is 0.259 e. The SMILES string of the molecule is O=C1CC(c2ccccc2)CC2=C1C(c1ccc(Cl)cc1)N(C(=O)c1ccc(Cl)cc1)c1ccccc1N2. The number of anilines is 2. The standard InChI is InChI=1S/C32H24Cl2N2O2/c33-24-14-10-21(11-15-24)31-30-27(18-23(19-29(30)37)20-6-2-1-3-7-20)35-26-8-4-5-9-28(26)36(31)32(38)22-12-16-25(34)17-13-22/h1-17,23,31,35H,18-19H2. The number of halogens is 2. The average Bonchev–Trinajstić information content (AvgIpc) is 3.09. The van der Waals surface area contributed by atoms with Gasteiger partial charge >= 0.3 is 0 Å². The summed E-state index contributed by atoms with van der Waals surface area (Å²) in [6.07, 6.45) is 1.03. The molecule has 0 bridgehead atoms. The number of nitrogens with zero attached hydrogens (tertiary/aromatic N) is 1. The topological polar surface area (TPSA) is 49.4 Å². The van der Waals surface area contributed by atoms with Gasteiger partial charge in [-0.1, -0.05) is 77.8 Å². The lowest BCUT2D eigenvalue weighted by molar-refractivity contribution is -0.116. The van der Waals surface area contributed by atoms with Crippen LogP contribution in [0.4, 0.5) is 11.4 Å². The van der Waals surface area contributed by atoms with Crippen LogP contribution in [-0.2, 0) is 4.79 Å². The molecule has 2 unspecified atom stereocenters. The molecular formula is C32H24Cl2N2O2. The van der Waals surface area contributed by atoms with E-state index in [1.165, 1.54) is 0 Å². The van der Waals surface area contributed by atoms with Gasteiger partial charge in [-0.05, 0) is 72.0 Å². The fourth-order valence-corrected chi connectivity index (χ4v) is 5.72. The van der Waals surface area contributed by atoms with E-state index in [2.05, 4.69) is 17.4 Å². The molecule has 1 amide bonds. The molecule has 2 aliphatic rings. The van der Waals surface area contributed by atoms with E-state index in [1.54, 1.807) is 41.3 Å². The predicted molar refractivity (Wildman–Crippen MR) is 153 cm³/mol. The molecule has 1 aliphatic carbocycles. The third-order valence-corrected chi connectivity index (χ3v) is 7.76. The van der Waals surface area contributed by atoms with Crippen molar-refractivity contribution in [2.45, 2.75) is 24.8 Å². The second-order valence-corrected chi connectivity index (χ2v) is 10.5. The number of nitrogens with one attached hydrogen (secondary N) is 1. The van der Waals surface area contributed by atoms with Gasteiger partial charge in [-0.15, -0.1) is 0 Å². The zero-order chi connectivity index (χ0) is 26.2. The molecule has 38 heavy (non-hydrogen) atoms. The summed E-state index contributed by atoms with van der Waals surface area (Å²) < 4.78 is 0. The van der Waals surface area contributed by atoms with E-state index in [-0.39, 0.29) is 17.6 Å². The summed E-state index contributed by atoms with van der Waals surface area (Å²) in [5.41, 5.74) is 5.36. The highest BCUT2D eigenvalue weighted by Crippen LogP contribution is 2.48. The van der Waals surface area contributed by atoms with Gasteiger partial charge in [0.1, 0.15) is 0 Å². The minimum Gasteiger partial charge on any atom is -0.357 e. The van der Waals surface area contributed by atoms with Crippen LogP contribution in [0, 0.1) is 0 Å². The molecule has 4 aromatic rings. The van der Waals surface area contributed by atoms with Crippen LogP contribution in [0.5, 0.6) is 0 Å². The number of allylic oxidation sites excluding steroid dienone is 1. The number of rotatable bonds is 3.